The quantitative estimate of drug-likeness (QED) is 0.877. The lowest BCUT2D eigenvalue weighted by Gasteiger charge is -2.31. The number of anilines is 2. The number of rotatable bonds is 3. The Kier molecular flexibility index (Phi) is 4.73. The zero-order valence-electron chi connectivity index (χ0n) is 14.7. The Labute approximate surface area is 150 Å². The second kappa shape index (κ2) is 7.30. The van der Waals surface area contributed by atoms with Crippen molar-refractivity contribution >= 4 is 17.3 Å². The van der Waals surface area contributed by atoms with Gasteiger partial charge in [-0.2, -0.15) is 0 Å². The molecule has 1 heterocycles. The standard InChI is InChI=1S/C22H26N2O/c25-22(18-7-2-1-3-8-18)23-20-10-12-21(13-11-20)24-15-14-17-6-4-5-9-19(17)16-24/h4-6,9-13,18H,1-3,7-8,14-16H2,(H,23,25). The molecule has 1 amide bonds. The fourth-order valence-corrected chi connectivity index (χ4v) is 4.08. The van der Waals surface area contributed by atoms with Crippen LogP contribution in [0.1, 0.15) is 43.2 Å². The van der Waals surface area contributed by atoms with Gasteiger partial charge in [0.2, 0.25) is 5.91 Å². The third kappa shape index (κ3) is 3.71. The highest BCUT2D eigenvalue weighted by Crippen LogP contribution is 2.27. The molecule has 0 unspecified atom stereocenters. The van der Waals surface area contributed by atoms with Gasteiger partial charge in [0, 0.05) is 30.4 Å². The summed E-state index contributed by atoms with van der Waals surface area (Å²) in [6, 6.07) is 17.0. The van der Waals surface area contributed by atoms with Crippen LogP contribution in [0.4, 0.5) is 11.4 Å². The predicted molar refractivity (Wildman–Crippen MR) is 103 cm³/mol. The molecule has 1 saturated carbocycles. The molecule has 4 rings (SSSR count). The monoisotopic (exact) mass is 334 g/mol. The molecule has 0 saturated heterocycles. The minimum absolute atomic E-state index is 0.194. The van der Waals surface area contributed by atoms with Crippen molar-refractivity contribution in [3.05, 3.63) is 59.7 Å². The molecule has 0 atom stereocenters. The molecular formula is C22H26N2O. The molecule has 0 aromatic heterocycles. The molecule has 1 aliphatic heterocycles. The van der Waals surface area contributed by atoms with Crippen LogP contribution in [0.3, 0.4) is 0 Å². The molecule has 1 aliphatic carbocycles. The van der Waals surface area contributed by atoms with Gasteiger partial charge in [-0.1, -0.05) is 43.5 Å². The lowest BCUT2D eigenvalue weighted by molar-refractivity contribution is -0.120. The van der Waals surface area contributed by atoms with E-state index in [1.807, 2.05) is 12.1 Å². The average Bonchev–Trinajstić information content (AvgIpc) is 2.69. The summed E-state index contributed by atoms with van der Waals surface area (Å²) in [5.74, 6) is 0.395. The second-order valence-corrected chi connectivity index (χ2v) is 7.31. The fraction of sp³-hybridized carbons (Fsp3) is 0.409. The van der Waals surface area contributed by atoms with E-state index in [4.69, 9.17) is 0 Å². The fourth-order valence-electron chi connectivity index (χ4n) is 4.08. The summed E-state index contributed by atoms with van der Waals surface area (Å²) in [7, 11) is 0. The smallest absolute Gasteiger partial charge is 0.227 e. The number of nitrogens with zero attached hydrogens (tertiary/aromatic N) is 1. The van der Waals surface area contributed by atoms with Gasteiger partial charge in [-0.15, -0.1) is 0 Å². The van der Waals surface area contributed by atoms with Crippen LogP contribution in [0.5, 0.6) is 0 Å². The Morgan fingerprint density at radius 3 is 2.40 bits per heavy atom. The Morgan fingerprint density at radius 1 is 0.920 bits per heavy atom. The van der Waals surface area contributed by atoms with E-state index in [1.54, 1.807) is 0 Å². The molecule has 0 bridgehead atoms. The summed E-state index contributed by atoms with van der Waals surface area (Å²) < 4.78 is 0. The van der Waals surface area contributed by atoms with Crippen molar-refractivity contribution < 1.29 is 4.79 Å². The Hall–Kier alpha value is -2.29. The van der Waals surface area contributed by atoms with Gasteiger partial charge < -0.3 is 10.2 Å². The van der Waals surface area contributed by atoms with Crippen LogP contribution in [-0.4, -0.2) is 12.5 Å². The van der Waals surface area contributed by atoms with E-state index >= 15 is 0 Å². The van der Waals surface area contributed by atoms with Gasteiger partial charge >= 0.3 is 0 Å². The van der Waals surface area contributed by atoms with E-state index in [0.29, 0.717) is 0 Å². The van der Waals surface area contributed by atoms with Gasteiger partial charge in [-0.05, 0) is 54.7 Å². The summed E-state index contributed by atoms with van der Waals surface area (Å²) in [6.45, 7) is 2.01. The van der Waals surface area contributed by atoms with Crippen molar-refractivity contribution in [2.75, 3.05) is 16.8 Å². The molecule has 25 heavy (non-hydrogen) atoms. The van der Waals surface area contributed by atoms with Crippen LogP contribution in [-0.2, 0) is 17.8 Å². The third-order valence-electron chi connectivity index (χ3n) is 5.61. The predicted octanol–water partition coefficient (Wildman–Crippen LogP) is 4.77. The molecular weight excluding hydrogens is 308 g/mol. The minimum atomic E-state index is 0.194. The number of nitrogens with one attached hydrogen (secondary N) is 1. The molecule has 0 radical (unpaired) electrons. The second-order valence-electron chi connectivity index (χ2n) is 7.31. The largest absolute Gasteiger partial charge is 0.367 e. The Balaban J connectivity index is 1.40. The highest BCUT2D eigenvalue weighted by Gasteiger charge is 2.21. The first kappa shape index (κ1) is 16.2. The maximum Gasteiger partial charge on any atom is 0.227 e. The van der Waals surface area contributed by atoms with Gasteiger partial charge in [-0.3, -0.25) is 4.79 Å². The van der Waals surface area contributed by atoms with Crippen LogP contribution in [0.15, 0.2) is 48.5 Å². The van der Waals surface area contributed by atoms with E-state index in [-0.39, 0.29) is 11.8 Å². The summed E-state index contributed by atoms with van der Waals surface area (Å²) in [5, 5.41) is 3.10. The van der Waals surface area contributed by atoms with Crippen LogP contribution in [0, 0.1) is 5.92 Å². The topological polar surface area (TPSA) is 32.3 Å². The summed E-state index contributed by atoms with van der Waals surface area (Å²) >= 11 is 0. The molecule has 1 fully saturated rings. The summed E-state index contributed by atoms with van der Waals surface area (Å²) in [6.07, 6.45) is 6.82. The molecule has 2 aromatic rings. The molecule has 2 aliphatic rings. The Morgan fingerprint density at radius 2 is 1.64 bits per heavy atom. The number of benzene rings is 2. The number of carbonyl (C=O) groups excluding carboxylic acids is 1. The number of fused-ring (bicyclic) bond motifs is 1. The average molecular weight is 334 g/mol. The lowest BCUT2D eigenvalue weighted by Crippen LogP contribution is -2.30. The van der Waals surface area contributed by atoms with Crippen molar-refractivity contribution in [1.82, 2.24) is 0 Å². The van der Waals surface area contributed by atoms with Crippen molar-refractivity contribution in [1.29, 1.82) is 0 Å². The van der Waals surface area contributed by atoms with Crippen LogP contribution in [0.2, 0.25) is 0 Å². The maximum absolute atomic E-state index is 12.4. The van der Waals surface area contributed by atoms with Crippen LogP contribution >= 0.6 is 0 Å². The number of amides is 1. The first-order valence-electron chi connectivity index (χ1n) is 9.52. The first-order chi connectivity index (χ1) is 12.3. The summed E-state index contributed by atoms with van der Waals surface area (Å²) in [5.41, 5.74) is 5.03. The van der Waals surface area contributed by atoms with Gasteiger partial charge in [0.1, 0.15) is 0 Å². The van der Waals surface area contributed by atoms with Gasteiger partial charge in [0.25, 0.3) is 0 Å². The minimum Gasteiger partial charge on any atom is -0.367 e. The molecule has 130 valence electrons. The highest BCUT2D eigenvalue weighted by atomic mass is 16.1. The lowest BCUT2D eigenvalue weighted by atomic mass is 9.88. The molecule has 3 heteroatoms. The van der Waals surface area contributed by atoms with Gasteiger partial charge in [0.05, 0.1) is 0 Å². The Bertz CT molecular complexity index is 732. The van der Waals surface area contributed by atoms with E-state index in [0.717, 1.165) is 38.0 Å². The summed E-state index contributed by atoms with van der Waals surface area (Å²) in [4.78, 5) is 14.8. The SMILES string of the molecule is O=C(Nc1ccc(N2CCc3ccccc3C2)cc1)C1CCCCC1. The van der Waals surface area contributed by atoms with Crippen molar-refractivity contribution in [3.8, 4) is 0 Å². The third-order valence-corrected chi connectivity index (χ3v) is 5.61. The van der Waals surface area contributed by atoms with E-state index < -0.39 is 0 Å². The number of carbonyl (C=O) groups is 1. The van der Waals surface area contributed by atoms with Crippen LogP contribution < -0.4 is 10.2 Å². The highest BCUT2D eigenvalue weighted by molar-refractivity contribution is 5.92. The van der Waals surface area contributed by atoms with Gasteiger partial charge in [-0.25, -0.2) is 0 Å². The van der Waals surface area contributed by atoms with Crippen molar-refractivity contribution in [2.45, 2.75) is 45.1 Å². The normalized spacial score (nSPS) is 17.8. The number of hydrogen-bond acceptors (Lipinski definition) is 2. The van der Waals surface area contributed by atoms with Crippen molar-refractivity contribution in [2.24, 2.45) is 5.92 Å². The van der Waals surface area contributed by atoms with E-state index in [1.165, 1.54) is 36.1 Å². The molecule has 1 N–H and O–H groups in total. The van der Waals surface area contributed by atoms with Crippen molar-refractivity contribution in [3.63, 3.8) is 0 Å². The molecule has 2 aromatic carbocycles. The molecule has 3 nitrogen and oxygen atoms in total. The van der Waals surface area contributed by atoms with Crippen LogP contribution in [0.25, 0.3) is 0 Å². The van der Waals surface area contributed by atoms with E-state index in [2.05, 4.69) is 46.6 Å². The molecule has 0 spiro atoms. The number of hydrogen-bond donors (Lipinski definition) is 1. The first-order valence-corrected chi connectivity index (χ1v) is 9.52. The zero-order chi connectivity index (χ0) is 17.1. The van der Waals surface area contributed by atoms with E-state index in [9.17, 15) is 4.79 Å². The zero-order valence-corrected chi connectivity index (χ0v) is 14.7. The maximum atomic E-state index is 12.4. The van der Waals surface area contributed by atoms with Gasteiger partial charge in [0.15, 0.2) is 0 Å².